The topological polar surface area (TPSA) is 197 Å². The Morgan fingerprint density at radius 2 is 1.62 bits per heavy atom. The van der Waals surface area contributed by atoms with Crippen molar-refractivity contribution in [3.63, 3.8) is 0 Å². The minimum absolute atomic E-state index is 0.00541. The molecule has 0 spiro atoms. The molecule has 1 saturated heterocycles. The van der Waals surface area contributed by atoms with Crippen LogP contribution < -0.4 is 36.4 Å². The second kappa shape index (κ2) is 14.2. The Bertz CT molecular complexity index is 1880. The van der Waals surface area contributed by atoms with Crippen molar-refractivity contribution in [2.75, 3.05) is 46.1 Å². The number of piperidine rings is 1. The van der Waals surface area contributed by atoms with Crippen molar-refractivity contribution >= 4 is 44.4 Å². The van der Waals surface area contributed by atoms with E-state index in [1.807, 2.05) is 18.2 Å². The SMILES string of the molecule is CS(=O)(=O)Nc1cc([C@@H](O)CNC2CCN(c3ccc(Nc4c(N[C@H](Cc5ccccc5)C(=O)O)c(=O)c4=O)cc3)CC2)ccc1O. The van der Waals surface area contributed by atoms with Crippen LogP contribution >= 0.6 is 0 Å². The molecular formula is C33H37N5O8S. The maximum atomic E-state index is 12.4. The van der Waals surface area contributed by atoms with Crippen molar-refractivity contribution in [2.45, 2.75) is 37.5 Å². The van der Waals surface area contributed by atoms with Crippen LogP contribution in [0.5, 0.6) is 5.75 Å². The summed E-state index contributed by atoms with van der Waals surface area (Å²) in [6.45, 7) is 1.76. The Morgan fingerprint density at radius 1 is 0.957 bits per heavy atom. The van der Waals surface area contributed by atoms with E-state index in [4.69, 9.17) is 0 Å². The lowest BCUT2D eigenvalue weighted by molar-refractivity contribution is -0.137. The highest BCUT2D eigenvalue weighted by Gasteiger charge is 2.27. The number of carboxylic acids is 1. The third kappa shape index (κ3) is 8.47. The number of hydrogen-bond acceptors (Lipinski definition) is 11. The molecule has 0 saturated carbocycles. The first-order valence-electron chi connectivity index (χ1n) is 15.1. The van der Waals surface area contributed by atoms with Crippen LogP contribution in [0.2, 0.25) is 0 Å². The highest BCUT2D eigenvalue weighted by atomic mass is 32.2. The Hall–Kier alpha value is -4.92. The van der Waals surface area contributed by atoms with Crippen LogP contribution in [0.15, 0.2) is 82.4 Å². The number of sulfonamides is 1. The van der Waals surface area contributed by atoms with Gasteiger partial charge in [0.1, 0.15) is 23.2 Å². The largest absolute Gasteiger partial charge is 0.506 e. The van der Waals surface area contributed by atoms with E-state index in [1.54, 1.807) is 42.5 Å². The summed E-state index contributed by atoms with van der Waals surface area (Å²) in [6.07, 6.45) is 1.84. The third-order valence-corrected chi connectivity index (χ3v) is 8.70. The number of nitrogens with one attached hydrogen (secondary N) is 4. The van der Waals surface area contributed by atoms with Crippen molar-refractivity contribution < 1.29 is 28.5 Å². The molecule has 47 heavy (non-hydrogen) atoms. The van der Waals surface area contributed by atoms with Crippen molar-refractivity contribution in [1.82, 2.24) is 5.32 Å². The number of anilines is 5. The normalized spacial score (nSPS) is 15.2. The van der Waals surface area contributed by atoms with Gasteiger partial charge in [-0.1, -0.05) is 36.4 Å². The van der Waals surface area contributed by atoms with Gasteiger partial charge in [-0.3, -0.25) is 14.3 Å². The number of hydrogen-bond donors (Lipinski definition) is 7. The molecule has 0 radical (unpaired) electrons. The Kier molecular flexibility index (Phi) is 10.1. The Balaban J connectivity index is 1.13. The summed E-state index contributed by atoms with van der Waals surface area (Å²) in [5.74, 6) is -1.37. The van der Waals surface area contributed by atoms with Gasteiger partial charge < -0.3 is 36.2 Å². The van der Waals surface area contributed by atoms with Gasteiger partial charge >= 0.3 is 5.97 Å². The van der Waals surface area contributed by atoms with Crippen LogP contribution in [-0.4, -0.2) is 67.7 Å². The zero-order valence-corrected chi connectivity index (χ0v) is 26.5. The van der Waals surface area contributed by atoms with Gasteiger partial charge in [0.05, 0.1) is 18.0 Å². The fourth-order valence-electron chi connectivity index (χ4n) is 5.55. The molecule has 1 aliphatic heterocycles. The van der Waals surface area contributed by atoms with Crippen LogP contribution in [0, 0.1) is 0 Å². The van der Waals surface area contributed by atoms with E-state index < -0.39 is 39.0 Å². The van der Waals surface area contributed by atoms with Gasteiger partial charge in [0.2, 0.25) is 10.0 Å². The zero-order valence-electron chi connectivity index (χ0n) is 25.6. The number of carbonyl (C=O) groups is 1. The molecule has 14 heteroatoms. The van der Waals surface area contributed by atoms with E-state index in [-0.39, 0.29) is 41.8 Å². The standard InChI is InChI=1S/C33H37N5O8S/c1-47(45,46)37-25-18-21(7-12-27(25)39)28(40)19-34-22-13-15-38(16-14-22)24-10-8-23(9-11-24)35-29-30(32(42)31(29)41)36-26(33(43)44)17-20-5-3-2-4-6-20/h2-12,18,22,26,28,34-37,39-40H,13-17,19H2,1H3,(H,43,44)/t26-,28+/m1/s1. The highest BCUT2D eigenvalue weighted by Crippen LogP contribution is 2.29. The average Bonchev–Trinajstić information content (AvgIpc) is 3.05. The van der Waals surface area contributed by atoms with Gasteiger partial charge in [-0.15, -0.1) is 0 Å². The van der Waals surface area contributed by atoms with E-state index >= 15 is 0 Å². The van der Waals surface area contributed by atoms with Crippen LogP contribution in [-0.2, 0) is 21.2 Å². The van der Waals surface area contributed by atoms with E-state index in [1.165, 1.54) is 12.1 Å². The quantitative estimate of drug-likeness (QED) is 0.0770. The molecule has 4 aromatic carbocycles. The van der Waals surface area contributed by atoms with Crippen molar-refractivity contribution in [3.05, 3.63) is 104 Å². The Labute approximate surface area is 271 Å². The molecule has 0 unspecified atom stereocenters. The summed E-state index contributed by atoms with van der Waals surface area (Å²) in [7, 11) is -3.59. The predicted molar refractivity (Wildman–Crippen MR) is 181 cm³/mol. The first-order chi connectivity index (χ1) is 22.4. The predicted octanol–water partition coefficient (Wildman–Crippen LogP) is 2.50. The molecular weight excluding hydrogens is 626 g/mol. The summed E-state index contributed by atoms with van der Waals surface area (Å²) in [4.78, 5) is 38.8. The van der Waals surface area contributed by atoms with Gasteiger partial charge in [-0.25, -0.2) is 13.2 Å². The molecule has 1 heterocycles. The average molecular weight is 664 g/mol. The number of carboxylic acid groups (broad SMARTS) is 1. The maximum Gasteiger partial charge on any atom is 0.326 e. The summed E-state index contributed by atoms with van der Waals surface area (Å²) < 4.78 is 25.3. The first kappa shape index (κ1) is 33.4. The summed E-state index contributed by atoms with van der Waals surface area (Å²) in [5, 5.41) is 39.4. The van der Waals surface area contributed by atoms with Crippen molar-refractivity contribution in [2.24, 2.45) is 0 Å². The van der Waals surface area contributed by atoms with Crippen LogP contribution in [0.4, 0.5) is 28.4 Å². The molecule has 1 aliphatic rings. The highest BCUT2D eigenvalue weighted by molar-refractivity contribution is 7.92. The smallest absolute Gasteiger partial charge is 0.326 e. The summed E-state index contributed by atoms with van der Waals surface area (Å²) in [6, 6.07) is 19.8. The second-order valence-corrected chi connectivity index (χ2v) is 13.4. The lowest BCUT2D eigenvalue weighted by atomic mass is 10.0. The molecule has 13 nitrogen and oxygen atoms in total. The number of phenols is 1. The van der Waals surface area contributed by atoms with Gasteiger partial charge in [0.15, 0.2) is 0 Å². The van der Waals surface area contributed by atoms with Gasteiger partial charge in [0.25, 0.3) is 10.9 Å². The molecule has 0 amide bonds. The lowest BCUT2D eigenvalue weighted by Gasteiger charge is -2.34. The molecule has 7 N–H and O–H groups in total. The van der Waals surface area contributed by atoms with Gasteiger partial charge in [-0.2, -0.15) is 0 Å². The number of rotatable bonds is 14. The van der Waals surface area contributed by atoms with Crippen LogP contribution in [0.25, 0.3) is 0 Å². The number of benzene rings is 3. The molecule has 0 bridgehead atoms. The summed E-state index contributed by atoms with van der Waals surface area (Å²) >= 11 is 0. The fourth-order valence-corrected chi connectivity index (χ4v) is 6.12. The van der Waals surface area contributed by atoms with Gasteiger partial charge in [-0.05, 0) is 60.4 Å². The molecule has 0 aliphatic carbocycles. The lowest BCUT2D eigenvalue weighted by Crippen LogP contribution is -2.43. The van der Waals surface area contributed by atoms with E-state index in [9.17, 15) is 38.1 Å². The van der Waals surface area contributed by atoms with E-state index in [2.05, 4.69) is 25.6 Å². The minimum atomic E-state index is -3.59. The van der Waals surface area contributed by atoms with Crippen molar-refractivity contribution in [3.8, 4) is 5.75 Å². The first-order valence-corrected chi connectivity index (χ1v) is 17.0. The molecule has 0 aromatic heterocycles. The zero-order chi connectivity index (χ0) is 33.7. The van der Waals surface area contributed by atoms with Crippen LogP contribution in [0.3, 0.4) is 0 Å². The Morgan fingerprint density at radius 3 is 2.26 bits per heavy atom. The third-order valence-electron chi connectivity index (χ3n) is 8.11. The number of aromatic hydroxyl groups is 1. The molecule has 4 aromatic rings. The number of phenolic OH excluding ortho intramolecular Hbond substituents is 1. The number of nitrogens with zero attached hydrogens (tertiary/aromatic N) is 1. The number of aliphatic carboxylic acids is 1. The molecule has 1 fully saturated rings. The van der Waals surface area contributed by atoms with E-state index in [0.29, 0.717) is 11.3 Å². The van der Waals surface area contributed by atoms with Crippen molar-refractivity contribution in [1.29, 1.82) is 0 Å². The van der Waals surface area contributed by atoms with Gasteiger partial charge in [0, 0.05) is 43.5 Å². The fraction of sp³-hybridized carbons (Fsp3) is 0.303. The number of aliphatic hydroxyl groups excluding tert-OH is 1. The maximum absolute atomic E-state index is 12.4. The number of aliphatic hydroxyl groups is 1. The second-order valence-electron chi connectivity index (χ2n) is 11.6. The molecule has 248 valence electrons. The van der Waals surface area contributed by atoms with Crippen LogP contribution in [0.1, 0.15) is 30.1 Å². The monoisotopic (exact) mass is 663 g/mol. The minimum Gasteiger partial charge on any atom is -0.506 e. The molecule has 5 rings (SSSR count). The molecule has 2 atom stereocenters. The van der Waals surface area contributed by atoms with E-state index in [0.717, 1.165) is 43.4 Å². The summed E-state index contributed by atoms with van der Waals surface area (Å²) in [5.41, 5.74) is 1.32.